The predicted molar refractivity (Wildman–Crippen MR) is 100 cm³/mol. The van der Waals surface area contributed by atoms with Crippen LogP contribution in [-0.2, 0) is 6.42 Å². The zero-order chi connectivity index (χ0) is 18.9. The molecule has 6 nitrogen and oxygen atoms in total. The molecular formula is C19H27FN4O2. The lowest BCUT2D eigenvalue weighted by Gasteiger charge is -2.20. The molecule has 1 aromatic heterocycles. The maximum atomic E-state index is 13.3. The first-order valence-electron chi connectivity index (χ1n) is 8.82. The predicted octanol–water partition coefficient (Wildman–Crippen LogP) is 3.00. The molecule has 0 saturated carbocycles. The summed E-state index contributed by atoms with van der Waals surface area (Å²) < 4.78 is 24.3. The van der Waals surface area contributed by atoms with Gasteiger partial charge in [-0.05, 0) is 38.8 Å². The van der Waals surface area contributed by atoms with Gasteiger partial charge in [0.25, 0.3) is 0 Å². The van der Waals surface area contributed by atoms with Gasteiger partial charge in [-0.15, -0.1) is 0 Å². The Kier molecular flexibility index (Phi) is 7.44. The molecule has 7 heteroatoms. The van der Waals surface area contributed by atoms with Gasteiger partial charge in [0.2, 0.25) is 0 Å². The maximum absolute atomic E-state index is 13.3. The molecule has 142 valence electrons. The van der Waals surface area contributed by atoms with Crippen molar-refractivity contribution in [1.29, 1.82) is 0 Å². The van der Waals surface area contributed by atoms with Crippen molar-refractivity contribution >= 4 is 5.96 Å². The van der Waals surface area contributed by atoms with Gasteiger partial charge in [-0.1, -0.05) is 18.1 Å². The molecule has 0 amide bonds. The summed E-state index contributed by atoms with van der Waals surface area (Å²) in [4.78, 5) is 4.22. The van der Waals surface area contributed by atoms with Gasteiger partial charge < -0.3 is 19.9 Å². The Balaban J connectivity index is 1.79. The first-order chi connectivity index (χ1) is 12.5. The molecule has 0 spiro atoms. The van der Waals surface area contributed by atoms with Crippen LogP contribution in [0.3, 0.4) is 0 Å². The van der Waals surface area contributed by atoms with Gasteiger partial charge in [-0.2, -0.15) is 0 Å². The van der Waals surface area contributed by atoms with Gasteiger partial charge in [0, 0.05) is 25.2 Å². The Labute approximate surface area is 153 Å². The van der Waals surface area contributed by atoms with E-state index in [-0.39, 0.29) is 11.9 Å². The van der Waals surface area contributed by atoms with E-state index in [1.807, 2.05) is 20.8 Å². The quantitative estimate of drug-likeness (QED) is 0.558. The monoisotopic (exact) mass is 362 g/mol. The molecule has 0 radical (unpaired) electrons. The van der Waals surface area contributed by atoms with Crippen LogP contribution in [0.4, 0.5) is 4.39 Å². The van der Waals surface area contributed by atoms with Crippen molar-refractivity contribution in [3.05, 3.63) is 47.1 Å². The van der Waals surface area contributed by atoms with Crippen molar-refractivity contribution in [2.24, 2.45) is 4.99 Å². The third-order valence-electron chi connectivity index (χ3n) is 4.12. The molecular weight excluding hydrogens is 335 g/mol. The van der Waals surface area contributed by atoms with Crippen LogP contribution >= 0.6 is 0 Å². The number of nitrogens with one attached hydrogen (secondary N) is 2. The van der Waals surface area contributed by atoms with E-state index in [4.69, 9.17) is 9.26 Å². The minimum absolute atomic E-state index is 0.0853. The van der Waals surface area contributed by atoms with E-state index in [0.29, 0.717) is 24.8 Å². The number of aliphatic imine (C=N–C) groups is 1. The zero-order valence-corrected chi connectivity index (χ0v) is 15.8. The van der Waals surface area contributed by atoms with Crippen molar-refractivity contribution in [1.82, 2.24) is 15.8 Å². The molecule has 0 bridgehead atoms. The van der Waals surface area contributed by atoms with Crippen molar-refractivity contribution in [3.8, 4) is 5.75 Å². The molecule has 1 unspecified atom stereocenters. The topological polar surface area (TPSA) is 71.7 Å². The highest BCUT2D eigenvalue weighted by Gasteiger charge is 2.11. The summed E-state index contributed by atoms with van der Waals surface area (Å²) in [5.41, 5.74) is 2.04. The third kappa shape index (κ3) is 5.75. The molecule has 2 aromatic rings. The Morgan fingerprint density at radius 2 is 2.15 bits per heavy atom. The van der Waals surface area contributed by atoms with Crippen LogP contribution in [-0.4, -0.2) is 37.4 Å². The summed E-state index contributed by atoms with van der Waals surface area (Å²) in [6.07, 6.45) is 1.51. The molecule has 26 heavy (non-hydrogen) atoms. The fourth-order valence-electron chi connectivity index (χ4n) is 2.60. The molecule has 1 heterocycles. The largest absolute Gasteiger partial charge is 0.489 e. The van der Waals surface area contributed by atoms with Crippen LogP contribution < -0.4 is 15.4 Å². The van der Waals surface area contributed by atoms with E-state index < -0.39 is 0 Å². The normalized spacial score (nSPS) is 12.7. The van der Waals surface area contributed by atoms with Crippen LogP contribution in [0.2, 0.25) is 0 Å². The molecule has 0 aliphatic rings. The van der Waals surface area contributed by atoms with Crippen LogP contribution in [0.5, 0.6) is 5.75 Å². The standard InChI is InChI=1S/C19H27FN4O2/c1-5-16(25-17-8-6-7-15(20)11-17)12-23-19(21-4)22-10-9-18-13(2)24-26-14(18)3/h6-8,11,16H,5,9-10,12H2,1-4H3,(H2,21,22,23). The lowest BCUT2D eigenvalue weighted by molar-refractivity contribution is 0.199. The smallest absolute Gasteiger partial charge is 0.191 e. The summed E-state index contributed by atoms with van der Waals surface area (Å²) in [6, 6.07) is 6.18. The third-order valence-corrected chi connectivity index (χ3v) is 4.12. The molecule has 2 N–H and O–H groups in total. The number of halogens is 1. The minimum Gasteiger partial charge on any atom is -0.489 e. The number of guanidine groups is 1. The van der Waals surface area contributed by atoms with Gasteiger partial charge in [-0.25, -0.2) is 4.39 Å². The average Bonchev–Trinajstić information content (AvgIpc) is 2.95. The molecule has 1 atom stereocenters. The number of nitrogens with zero attached hydrogens (tertiary/aromatic N) is 2. The molecule has 0 saturated heterocycles. The van der Waals surface area contributed by atoms with Gasteiger partial charge >= 0.3 is 0 Å². The van der Waals surface area contributed by atoms with E-state index in [1.165, 1.54) is 12.1 Å². The summed E-state index contributed by atoms with van der Waals surface area (Å²) >= 11 is 0. The molecule has 2 rings (SSSR count). The van der Waals surface area contributed by atoms with E-state index >= 15 is 0 Å². The van der Waals surface area contributed by atoms with E-state index in [1.54, 1.807) is 19.2 Å². The Hall–Kier alpha value is -2.57. The Bertz CT molecular complexity index is 711. The lowest BCUT2D eigenvalue weighted by Crippen LogP contribution is -2.43. The van der Waals surface area contributed by atoms with E-state index in [9.17, 15) is 4.39 Å². The number of hydrogen-bond acceptors (Lipinski definition) is 4. The zero-order valence-electron chi connectivity index (χ0n) is 15.8. The second-order valence-corrected chi connectivity index (χ2v) is 6.04. The highest BCUT2D eigenvalue weighted by Crippen LogP contribution is 2.15. The fourth-order valence-corrected chi connectivity index (χ4v) is 2.60. The Morgan fingerprint density at radius 1 is 1.35 bits per heavy atom. The second kappa shape index (κ2) is 9.79. The van der Waals surface area contributed by atoms with Gasteiger partial charge in [0.1, 0.15) is 23.4 Å². The number of hydrogen-bond donors (Lipinski definition) is 2. The van der Waals surface area contributed by atoms with Crippen LogP contribution in [0, 0.1) is 19.7 Å². The fraction of sp³-hybridized carbons (Fsp3) is 0.474. The summed E-state index contributed by atoms with van der Waals surface area (Å²) in [7, 11) is 1.72. The number of rotatable bonds is 8. The second-order valence-electron chi connectivity index (χ2n) is 6.04. The SMILES string of the molecule is CCC(CNC(=NC)NCCc1c(C)noc1C)Oc1cccc(F)c1. The Morgan fingerprint density at radius 3 is 2.77 bits per heavy atom. The summed E-state index contributed by atoms with van der Waals surface area (Å²) in [5, 5.41) is 10.5. The van der Waals surface area contributed by atoms with Gasteiger partial charge in [0.05, 0.1) is 12.2 Å². The molecule has 1 aromatic carbocycles. The van der Waals surface area contributed by atoms with Crippen LogP contribution in [0.1, 0.15) is 30.4 Å². The molecule has 0 aliphatic carbocycles. The van der Waals surface area contributed by atoms with Crippen molar-refractivity contribution < 1.29 is 13.7 Å². The molecule has 0 fully saturated rings. The number of aryl methyl sites for hydroxylation is 2. The van der Waals surface area contributed by atoms with Crippen molar-refractivity contribution in [2.45, 2.75) is 39.7 Å². The number of benzene rings is 1. The highest BCUT2D eigenvalue weighted by molar-refractivity contribution is 5.79. The van der Waals surface area contributed by atoms with E-state index in [2.05, 4.69) is 20.8 Å². The van der Waals surface area contributed by atoms with Crippen LogP contribution in [0.15, 0.2) is 33.8 Å². The summed E-state index contributed by atoms with van der Waals surface area (Å²) in [5.74, 6) is 1.77. The number of ether oxygens (including phenoxy) is 1. The van der Waals surface area contributed by atoms with E-state index in [0.717, 1.165) is 29.9 Å². The van der Waals surface area contributed by atoms with Crippen LogP contribution in [0.25, 0.3) is 0 Å². The van der Waals surface area contributed by atoms with Gasteiger partial charge in [-0.3, -0.25) is 4.99 Å². The maximum Gasteiger partial charge on any atom is 0.191 e. The first kappa shape index (κ1) is 19.8. The van der Waals surface area contributed by atoms with Crippen molar-refractivity contribution in [3.63, 3.8) is 0 Å². The summed E-state index contributed by atoms with van der Waals surface area (Å²) in [6.45, 7) is 7.16. The van der Waals surface area contributed by atoms with Crippen molar-refractivity contribution in [2.75, 3.05) is 20.1 Å². The number of aromatic nitrogens is 1. The highest BCUT2D eigenvalue weighted by atomic mass is 19.1. The van der Waals surface area contributed by atoms with Gasteiger partial charge in [0.15, 0.2) is 5.96 Å². The first-order valence-corrected chi connectivity index (χ1v) is 8.82. The lowest BCUT2D eigenvalue weighted by atomic mass is 10.1. The average molecular weight is 362 g/mol. The minimum atomic E-state index is -0.304. The molecule has 0 aliphatic heterocycles.